The molecule has 17 heteroatoms. The molecule has 2 atom stereocenters. The Hall–Kier alpha value is -6.78. The molecule has 17 nitrogen and oxygen atoms in total. The third-order valence-electron chi connectivity index (χ3n) is 6.68. The number of hydrogen-bond acceptors (Lipinski definition) is 17. The van der Waals surface area contributed by atoms with Crippen molar-refractivity contribution >= 4 is 47.8 Å². The van der Waals surface area contributed by atoms with Gasteiger partial charge in [0.05, 0.1) is 5.56 Å². The van der Waals surface area contributed by atoms with Crippen molar-refractivity contribution in [1.29, 1.82) is 0 Å². The van der Waals surface area contributed by atoms with Crippen LogP contribution >= 0.6 is 0 Å². The minimum atomic E-state index is -1.37. The molecule has 0 unspecified atom stereocenters. The smallest absolute Gasteiger partial charge is 0.338 e. The molecule has 0 amide bonds. The molecule has 0 saturated heterocycles. The molecule has 1 aliphatic rings. The zero-order valence-electron chi connectivity index (χ0n) is 29.3. The van der Waals surface area contributed by atoms with Crippen LogP contribution in [0.4, 0.5) is 0 Å². The summed E-state index contributed by atoms with van der Waals surface area (Å²) in [5.41, 5.74) is -0.00390. The second-order valence-electron chi connectivity index (χ2n) is 11.3. The molecule has 1 heterocycles. The second-order valence-corrected chi connectivity index (χ2v) is 11.3. The molecule has 0 aliphatic carbocycles. The van der Waals surface area contributed by atoms with Gasteiger partial charge in [-0.25, -0.2) is 4.79 Å². The number of fused-ring (bicyclic) bond motifs is 1. The predicted octanol–water partition coefficient (Wildman–Crippen LogP) is 4.07. The molecule has 278 valence electrons. The van der Waals surface area contributed by atoms with E-state index >= 15 is 0 Å². The van der Waals surface area contributed by atoms with Crippen LogP contribution in [0.15, 0.2) is 42.5 Å². The first-order valence-corrected chi connectivity index (χ1v) is 15.5. The van der Waals surface area contributed by atoms with Crippen molar-refractivity contribution in [3.05, 3.63) is 59.2 Å². The summed E-state index contributed by atoms with van der Waals surface area (Å²) in [7, 11) is 0. The molecule has 3 aromatic carbocycles. The first-order valence-electron chi connectivity index (χ1n) is 15.5. The van der Waals surface area contributed by atoms with Crippen LogP contribution in [0.1, 0.15) is 76.1 Å². The summed E-state index contributed by atoms with van der Waals surface area (Å²) in [5.74, 6) is -8.21. The molecule has 0 saturated carbocycles. The average molecular weight is 737 g/mol. The van der Waals surface area contributed by atoms with E-state index in [1.54, 1.807) is 0 Å². The molecule has 0 aromatic heterocycles. The summed E-state index contributed by atoms with van der Waals surface area (Å²) in [6, 6.07) is 8.51. The fraction of sp³-hybridized carbons (Fsp3) is 0.278. The third-order valence-corrected chi connectivity index (χ3v) is 6.68. The Bertz CT molecular complexity index is 1960. The number of carbonyl (C=O) groups is 8. The highest BCUT2D eigenvalue weighted by Crippen LogP contribution is 2.47. The summed E-state index contributed by atoms with van der Waals surface area (Å²) < 4.78 is 48.9. The van der Waals surface area contributed by atoms with Crippen molar-refractivity contribution in [1.82, 2.24) is 0 Å². The first kappa shape index (κ1) is 39.0. The second kappa shape index (κ2) is 16.5. The number of rotatable bonds is 10. The molecule has 0 radical (unpaired) electrons. The normalized spacial score (nSPS) is 14.2. The van der Waals surface area contributed by atoms with E-state index in [2.05, 4.69) is 0 Å². The van der Waals surface area contributed by atoms with E-state index in [0.717, 1.165) is 60.6 Å². The molecular weight excluding hydrogens is 704 g/mol. The van der Waals surface area contributed by atoms with Gasteiger partial charge in [0.1, 0.15) is 34.9 Å². The molecular formula is C36H32O17. The van der Waals surface area contributed by atoms with Crippen molar-refractivity contribution < 1.29 is 81.0 Å². The lowest BCUT2D eigenvalue weighted by atomic mass is 9.93. The fourth-order valence-corrected chi connectivity index (χ4v) is 5.09. The molecule has 0 spiro atoms. The van der Waals surface area contributed by atoms with E-state index in [-0.39, 0.29) is 63.4 Å². The number of ether oxygens (including phenoxy) is 9. The monoisotopic (exact) mass is 736 g/mol. The van der Waals surface area contributed by atoms with Crippen LogP contribution < -0.4 is 37.9 Å². The lowest BCUT2D eigenvalue weighted by molar-refractivity contribution is -0.135. The van der Waals surface area contributed by atoms with Crippen LogP contribution in [0.5, 0.6) is 46.0 Å². The van der Waals surface area contributed by atoms with Gasteiger partial charge in [0.25, 0.3) is 0 Å². The molecule has 0 N–H and O–H groups in total. The predicted molar refractivity (Wildman–Crippen MR) is 175 cm³/mol. The summed E-state index contributed by atoms with van der Waals surface area (Å²) >= 11 is 0. The summed E-state index contributed by atoms with van der Waals surface area (Å²) in [4.78, 5) is 97.4. The van der Waals surface area contributed by atoms with E-state index in [4.69, 9.17) is 42.6 Å². The van der Waals surface area contributed by atoms with Gasteiger partial charge in [-0.05, 0) is 24.3 Å². The Morgan fingerprint density at radius 2 is 0.943 bits per heavy atom. The van der Waals surface area contributed by atoms with E-state index in [1.165, 1.54) is 30.3 Å². The van der Waals surface area contributed by atoms with Crippen LogP contribution in [0.2, 0.25) is 0 Å². The highest BCUT2D eigenvalue weighted by molar-refractivity contribution is 5.91. The van der Waals surface area contributed by atoms with Gasteiger partial charge in [-0.15, -0.1) is 0 Å². The quantitative estimate of drug-likeness (QED) is 0.211. The third kappa shape index (κ3) is 10.6. The van der Waals surface area contributed by atoms with E-state index in [9.17, 15) is 38.4 Å². The van der Waals surface area contributed by atoms with Crippen molar-refractivity contribution in [2.24, 2.45) is 0 Å². The zero-order valence-corrected chi connectivity index (χ0v) is 29.3. The molecule has 0 fully saturated rings. The maximum atomic E-state index is 13.8. The molecule has 3 aromatic rings. The number of hydrogen-bond donors (Lipinski definition) is 0. The highest BCUT2D eigenvalue weighted by atomic mass is 16.6. The number of carbonyl (C=O) groups excluding carboxylic acids is 8. The maximum absolute atomic E-state index is 13.8. The van der Waals surface area contributed by atoms with Crippen LogP contribution in [0, 0.1) is 0 Å². The lowest BCUT2D eigenvalue weighted by Gasteiger charge is -2.34. The van der Waals surface area contributed by atoms with Crippen molar-refractivity contribution in [3.8, 4) is 46.0 Å². The van der Waals surface area contributed by atoms with Gasteiger partial charge in [-0.3, -0.25) is 33.6 Å². The molecule has 4 rings (SSSR count). The van der Waals surface area contributed by atoms with Gasteiger partial charge in [-0.1, -0.05) is 0 Å². The summed E-state index contributed by atoms with van der Waals surface area (Å²) in [6.45, 7) is 7.70. The molecule has 53 heavy (non-hydrogen) atoms. The average Bonchev–Trinajstić information content (AvgIpc) is 3.00. The van der Waals surface area contributed by atoms with Crippen molar-refractivity contribution in [2.75, 3.05) is 0 Å². The topological polar surface area (TPSA) is 220 Å². The first-order chi connectivity index (χ1) is 24.9. The fourth-order valence-electron chi connectivity index (χ4n) is 5.09. The van der Waals surface area contributed by atoms with Crippen LogP contribution in [-0.4, -0.2) is 53.9 Å². The Balaban J connectivity index is 1.93. The Morgan fingerprint density at radius 1 is 0.509 bits per heavy atom. The van der Waals surface area contributed by atoms with Gasteiger partial charge < -0.3 is 42.6 Å². The Morgan fingerprint density at radius 3 is 1.40 bits per heavy atom. The summed E-state index contributed by atoms with van der Waals surface area (Å²) in [5, 5.41) is 0. The number of benzene rings is 3. The van der Waals surface area contributed by atoms with Crippen molar-refractivity contribution in [3.63, 3.8) is 0 Å². The Labute approximate surface area is 300 Å². The SMILES string of the molecule is CC(=O)Oc1cc(OC(C)=O)cc(C(=O)O[C@@H]2Cc3c(OC(C)=O)cc(OC(C)=O)cc3O[C@H]2c2cc(OC(C)=O)c(OC(C)=O)c(OC(C)=O)c2)c1. The van der Waals surface area contributed by atoms with Crippen LogP contribution in [0.25, 0.3) is 0 Å². The van der Waals surface area contributed by atoms with Gasteiger partial charge >= 0.3 is 47.8 Å². The minimum Gasteiger partial charge on any atom is -0.481 e. The molecule has 1 aliphatic heterocycles. The maximum Gasteiger partial charge on any atom is 0.338 e. The summed E-state index contributed by atoms with van der Waals surface area (Å²) in [6.07, 6.45) is -2.97. The van der Waals surface area contributed by atoms with Gasteiger partial charge in [0.2, 0.25) is 5.75 Å². The van der Waals surface area contributed by atoms with Gasteiger partial charge in [0.15, 0.2) is 17.6 Å². The highest BCUT2D eigenvalue weighted by Gasteiger charge is 2.39. The minimum absolute atomic E-state index is 0.00145. The molecule has 0 bridgehead atoms. The van der Waals surface area contributed by atoms with Gasteiger partial charge in [-0.2, -0.15) is 0 Å². The van der Waals surface area contributed by atoms with E-state index < -0.39 is 65.7 Å². The van der Waals surface area contributed by atoms with E-state index in [0.29, 0.717) is 0 Å². The van der Waals surface area contributed by atoms with Gasteiger partial charge in [0, 0.05) is 84.2 Å². The largest absolute Gasteiger partial charge is 0.481 e. The van der Waals surface area contributed by atoms with E-state index in [1.807, 2.05) is 0 Å². The lowest BCUT2D eigenvalue weighted by Crippen LogP contribution is -2.35. The standard InChI is InChI=1S/C36H32O17/c1-16(37)45-25-8-24(9-26(12-25)46-17(2)38)36(44)53-33-15-28-29(48-19(4)40)13-27(47-18(3)39)14-30(28)52-34(33)23-10-31(49-20(5)41)35(51-22(7)43)32(11-23)50-21(6)42/h8-14,33-34H,15H2,1-7H3/t33-,34+/m1/s1. The zero-order chi connectivity index (χ0) is 39.1. The van der Waals surface area contributed by atoms with Crippen LogP contribution in [0.3, 0.4) is 0 Å². The van der Waals surface area contributed by atoms with Crippen molar-refractivity contribution in [2.45, 2.75) is 67.1 Å². The Kier molecular flexibility index (Phi) is 12.1. The van der Waals surface area contributed by atoms with Crippen LogP contribution in [-0.2, 0) is 44.7 Å². The number of esters is 8.